The van der Waals surface area contributed by atoms with Crippen molar-refractivity contribution in [2.24, 2.45) is 5.92 Å². The van der Waals surface area contributed by atoms with Crippen molar-refractivity contribution in [3.05, 3.63) is 33.8 Å². The van der Waals surface area contributed by atoms with E-state index in [0.717, 1.165) is 0 Å². The molecular formula is C14H15Cl2F3N2O2. The van der Waals surface area contributed by atoms with E-state index in [4.69, 9.17) is 27.9 Å². The van der Waals surface area contributed by atoms with E-state index in [9.17, 15) is 18.0 Å². The second-order valence-corrected chi connectivity index (χ2v) is 5.95. The predicted octanol–water partition coefficient (Wildman–Crippen LogP) is 2.95. The summed E-state index contributed by atoms with van der Waals surface area (Å²) in [4.78, 5) is 11.0. The normalized spacial score (nSPS) is 22.5. The van der Waals surface area contributed by atoms with Crippen LogP contribution in [0.3, 0.4) is 0 Å². The molecule has 0 radical (unpaired) electrons. The molecule has 4 nitrogen and oxygen atoms in total. The molecule has 2 atom stereocenters. The summed E-state index contributed by atoms with van der Waals surface area (Å²) < 4.78 is 42.6. The van der Waals surface area contributed by atoms with Crippen molar-refractivity contribution in [2.45, 2.75) is 12.3 Å². The van der Waals surface area contributed by atoms with E-state index < -0.39 is 18.2 Å². The van der Waals surface area contributed by atoms with Crippen LogP contribution in [0.25, 0.3) is 0 Å². The van der Waals surface area contributed by atoms with Crippen molar-refractivity contribution >= 4 is 29.1 Å². The summed E-state index contributed by atoms with van der Waals surface area (Å²) in [6.07, 6.45) is -5.40. The third-order valence-corrected chi connectivity index (χ3v) is 4.20. The lowest BCUT2D eigenvalue weighted by molar-refractivity contribution is -0.173. The highest BCUT2D eigenvalue weighted by Gasteiger charge is 2.39. The van der Waals surface area contributed by atoms with Gasteiger partial charge in [0.05, 0.1) is 22.8 Å². The molecule has 1 amide bonds. The number of carbonyl (C=O) groups is 1. The van der Waals surface area contributed by atoms with Crippen LogP contribution in [0.1, 0.15) is 11.7 Å². The van der Waals surface area contributed by atoms with Gasteiger partial charge >= 0.3 is 12.1 Å². The lowest BCUT2D eigenvalue weighted by atomic mass is 9.95. The number of benzene rings is 1. The number of carbonyl (C=O) groups excluding carboxylic acids is 1. The van der Waals surface area contributed by atoms with Crippen molar-refractivity contribution in [2.75, 3.05) is 26.2 Å². The first kappa shape index (κ1) is 18.3. The van der Waals surface area contributed by atoms with E-state index in [-0.39, 0.29) is 12.5 Å². The van der Waals surface area contributed by atoms with Crippen molar-refractivity contribution in [3.63, 3.8) is 0 Å². The number of hydrogen-bond acceptors (Lipinski definition) is 3. The molecule has 1 aliphatic rings. The van der Waals surface area contributed by atoms with Crippen molar-refractivity contribution in [1.82, 2.24) is 10.6 Å². The minimum Gasteiger partial charge on any atom is -0.372 e. The lowest BCUT2D eigenvalue weighted by Crippen LogP contribution is -2.42. The highest BCUT2D eigenvalue weighted by molar-refractivity contribution is 6.42. The summed E-state index contributed by atoms with van der Waals surface area (Å²) in [6, 6.07) is 4.94. The van der Waals surface area contributed by atoms with Gasteiger partial charge in [-0.1, -0.05) is 29.3 Å². The molecule has 0 spiro atoms. The van der Waals surface area contributed by atoms with Gasteiger partial charge < -0.3 is 15.4 Å². The average molecular weight is 371 g/mol. The quantitative estimate of drug-likeness (QED) is 0.859. The molecule has 1 saturated heterocycles. The Morgan fingerprint density at radius 2 is 2.09 bits per heavy atom. The molecule has 0 saturated carbocycles. The Bertz CT molecular complexity index is 569. The fourth-order valence-corrected chi connectivity index (χ4v) is 2.66. The molecule has 1 aromatic carbocycles. The highest BCUT2D eigenvalue weighted by Crippen LogP contribution is 2.32. The van der Waals surface area contributed by atoms with Crippen molar-refractivity contribution in [1.29, 1.82) is 0 Å². The standard InChI is InChI=1S/C14H15Cl2F3N2O2/c15-10-2-1-8(5-11(10)16)12-9(6-20-3-4-23-12)7-21-13(22)14(17,18)19/h1-2,5,9,12,20H,3-4,6-7H2,(H,21,22)/t9-,12-/m0/s1. The number of rotatable bonds is 3. The van der Waals surface area contributed by atoms with Gasteiger partial charge in [-0.15, -0.1) is 0 Å². The van der Waals surface area contributed by atoms with Gasteiger partial charge in [-0.3, -0.25) is 4.79 Å². The summed E-state index contributed by atoms with van der Waals surface area (Å²) in [5.74, 6) is -2.34. The number of hydrogen-bond donors (Lipinski definition) is 2. The lowest BCUT2D eigenvalue weighted by Gasteiger charge is -2.26. The van der Waals surface area contributed by atoms with Crippen LogP contribution >= 0.6 is 23.2 Å². The molecule has 0 bridgehead atoms. The smallest absolute Gasteiger partial charge is 0.372 e. The summed E-state index contributed by atoms with van der Waals surface area (Å²) in [7, 11) is 0. The monoisotopic (exact) mass is 370 g/mol. The summed E-state index contributed by atoms with van der Waals surface area (Å²) in [5.41, 5.74) is 0.703. The Morgan fingerprint density at radius 1 is 1.35 bits per heavy atom. The maximum absolute atomic E-state index is 12.3. The van der Waals surface area contributed by atoms with Gasteiger partial charge in [0.25, 0.3) is 0 Å². The highest BCUT2D eigenvalue weighted by atomic mass is 35.5. The molecule has 0 aliphatic carbocycles. The Labute approximate surface area is 141 Å². The van der Waals surface area contributed by atoms with Gasteiger partial charge in [0.1, 0.15) is 0 Å². The van der Waals surface area contributed by atoms with Crippen LogP contribution in [-0.2, 0) is 9.53 Å². The van der Waals surface area contributed by atoms with Crippen LogP contribution < -0.4 is 10.6 Å². The number of amides is 1. The Balaban J connectivity index is 2.13. The molecule has 128 valence electrons. The molecule has 1 heterocycles. The molecule has 23 heavy (non-hydrogen) atoms. The minimum atomic E-state index is -4.90. The van der Waals surface area contributed by atoms with Crippen LogP contribution in [0.5, 0.6) is 0 Å². The van der Waals surface area contributed by atoms with Gasteiger partial charge in [-0.2, -0.15) is 13.2 Å². The second kappa shape index (κ2) is 7.70. The number of halogens is 5. The third-order valence-electron chi connectivity index (χ3n) is 3.47. The van der Waals surface area contributed by atoms with Crippen LogP contribution in [0.2, 0.25) is 10.0 Å². The Kier molecular flexibility index (Phi) is 6.13. The fraction of sp³-hybridized carbons (Fsp3) is 0.500. The first-order chi connectivity index (χ1) is 10.8. The Morgan fingerprint density at radius 3 is 2.74 bits per heavy atom. The van der Waals surface area contributed by atoms with Gasteiger partial charge in [0.15, 0.2) is 0 Å². The van der Waals surface area contributed by atoms with E-state index in [1.54, 1.807) is 18.2 Å². The maximum atomic E-state index is 12.3. The zero-order valence-corrected chi connectivity index (χ0v) is 13.4. The van der Waals surface area contributed by atoms with Crippen molar-refractivity contribution in [3.8, 4) is 0 Å². The number of nitrogens with one attached hydrogen (secondary N) is 2. The van der Waals surface area contributed by atoms with E-state index in [1.807, 2.05) is 5.32 Å². The van der Waals surface area contributed by atoms with Gasteiger partial charge in [-0.25, -0.2) is 0 Å². The van der Waals surface area contributed by atoms with Gasteiger partial charge in [-0.05, 0) is 17.7 Å². The minimum absolute atomic E-state index is 0.170. The third kappa shape index (κ3) is 4.97. The molecule has 1 fully saturated rings. The molecule has 2 N–H and O–H groups in total. The van der Waals surface area contributed by atoms with Crippen LogP contribution in [0.15, 0.2) is 18.2 Å². The number of ether oxygens (including phenoxy) is 1. The predicted molar refractivity (Wildman–Crippen MR) is 80.6 cm³/mol. The van der Waals surface area contributed by atoms with Crippen LogP contribution in [0.4, 0.5) is 13.2 Å². The maximum Gasteiger partial charge on any atom is 0.471 e. The zero-order valence-electron chi connectivity index (χ0n) is 11.9. The Hall–Kier alpha value is -1.02. The average Bonchev–Trinajstić information content (AvgIpc) is 2.72. The van der Waals surface area contributed by atoms with E-state index in [2.05, 4.69) is 5.32 Å². The summed E-state index contributed by atoms with van der Waals surface area (Å²) in [6.45, 7) is 1.20. The van der Waals surface area contributed by atoms with Crippen LogP contribution in [0, 0.1) is 5.92 Å². The zero-order chi connectivity index (χ0) is 17.0. The topological polar surface area (TPSA) is 50.4 Å². The fourth-order valence-electron chi connectivity index (χ4n) is 2.35. The number of alkyl halides is 3. The van der Waals surface area contributed by atoms with Gasteiger partial charge in [0.2, 0.25) is 0 Å². The van der Waals surface area contributed by atoms with Crippen molar-refractivity contribution < 1.29 is 22.7 Å². The molecule has 1 aliphatic heterocycles. The first-order valence-corrected chi connectivity index (χ1v) is 7.67. The molecule has 2 rings (SSSR count). The van der Waals surface area contributed by atoms with Crippen LogP contribution in [-0.4, -0.2) is 38.3 Å². The molecule has 9 heteroatoms. The summed E-state index contributed by atoms with van der Waals surface area (Å²) in [5, 5.41) is 5.69. The van der Waals surface area contributed by atoms with Gasteiger partial charge in [0, 0.05) is 25.6 Å². The van der Waals surface area contributed by atoms with E-state index in [0.29, 0.717) is 35.3 Å². The molecule has 0 unspecified atom stereocenters. The largest absolute Gasteiger partial charge is 0.471 e. The second-order valence-electron chi connectivity index (χ2n) is 5.14. The molecule has 0 aromatic heterocycles. The SMILES string of the molecule is O=C(NC[C@@H]1CNCCO[C@H]1c1ccc(Cl)c(Cl)c1)C(F)(F)F. The van der Waals surface area contributed by atoms with E-state index in [1.165, 1.54) is 0 Å². The molecule has 1 aromatic rings. The molecular weight excluding hydrogens is 356 g/mol. The van der Waals surface area contributed by atoms with E-state index >= 15 is 0 Å². The first-order valence-electron chi connectivity index (χ1n) is 6.91. The summed E-state index contributed by atoms with van der Waals surface area (Å²) >= 11 is 11.9.